The van der Waals surface area contributed by atoms with Crippen molar-refractivity contribution in [3.05, 3.63) is 0 Å². The average molecular weight is 240 g/mol. The number of halogens is 1. The van der Waals surface area contributed by atoms with Gasteiger partial charge in [0.25, 0.3) is 0 Å². The quantitative estimate of drug-likeness (QED) is 0.620. The summed E-state index contributed by atoms with van der Waals surface area (Å²) in [5.41, 5.74) is 0.426. The first-order valence-electron chi connectivity index (χ1n) is 7.63. The molecule has 2 saturated carbocycles. The van der Waals surface area contributed by atoms with Crippen LogP contribution in [0.3, 0.4) is 0 Å². The summed E-state index contributed by atoms with van der Waals surface area (Å²) in [6.07, 6.45) is 6.19. The van der Waals surface area contributed by atoms with E-state index in [1.807, 2.05) is 0 Å². The second-order valence-corrected chi connectivity index (χ2v) is 7.09. The Bertz CT molecular complexity index is 260. The molecule has 0 aromatic heterocycles. The van der Waals surface area contributed by atoms with Crippen molar-refractivity contribution < 1.29 is 4.39 Å². The minimum Gasteiger partial charge on any atom is -0.247 e. The lowest BCUT2D eigenvalue weighted by Gasteiger charge is -2.56. The number of fused-ring (bicyclic) bond motifs is 1. The average Bonchev–Trinajstić information content (AvgIpc) is 2.28. The van der Waals surface area contributed by atoms with Crippen LogP contribution >= 0.6 is 0 Å². The molecule has 0 aromatic rings. The lowest BCUT2D eigenvalue weighted by Crippen LogP contribution is -2.49. The normalized spacial score (nSPS) is 46.9. The third-order valence-electron chi connectivity index (χ3n) is 5.87. The van der Waals surface area contributed by atoms with Gasteiger partial charge in [0, 0.05) is 0 Å². The van der Waals surface area contributed by atoms with E-state index in [0.717, 1.165) is 37.0 Å². The number of rotatable bonds is 2. The largest absolute Gasteiger partial charge is 0.247 e. The fourth-order valence-corrected chi connectivity index (χ4v) is 5.15. The molecule has 0 radical (unpaired) electrons. The van der Waals surface area contributed by atoms with Crippen LogP contribution in [-0.2, 0) is 0 Å². The molecule has 0 bridgehead atoms. The van der Waals surface area contributed by atoms with E-state index in [0.29, 0.717) is 11.3 Å². The van der Waals surface area contributed by atoms with Crippen molar-refractivity contribution >= 4 is 0 Å². The van der Waals surface area contributed by atoms with Crippen molar-refractivity contribution in [2.24, 2.45) is 29.1 Å². The summed E-state index contributed by atoms with van der Waals surface area (Å²) in [6, 6.07) is 0. The maximum atomic E-state index is 13.6. The first-order valence-corrected chi connectivity index (χ1v) is 7.63. The Morgan fingerprint density at radius 1 is 1.24 bits per heavy atom. The summed E-state index contributed by atoms with van der Waals surface area (Å²) >= 11 is 0. The Labute approximate surface area is 106 Å². The van der Waals surface area contributed by atoms with E-state index >= 15 is 0 Å². The molecule has 0 N–H and O–H groups in total. The molecule has 2 aliphatic carbocycles. The van der Waals surface area contributed by atoms with Crippen molar-refractivity contribution in [1.82, 2.24) is 0 Å². The highest BCUT2D eigenvalue weighted by atomic mass is 19.1. The number of hydrogen-bond acceptors (Lipinski definition) is 0. The maximum Gasteiger partial charge on any atom is 0.100 e. The van der Waals surface area contributed by atoms with Gasteiger partial charge in [-0.3, -0.25) is 0 Å². The molecule has 0 amide bonds. The van der Waals surface area contributed by atoms with Crippen molar-refractivity contribution in [2.45, 2.75) is 72.4 Å². The molecule has 0 aromatic carbocycles. The highest BCUT2D eigenvalue weighted by Crippen LogP contribution is 2.58. The van der Waals surface area contributed by atoms with E-state index in [2.05, 4.69) is 27.7 Å². The molecule has 3 unspecified atom stereocenters. The van der Waals surface area contributed by atoms with Crippen LogP contribution in [0.15, 0.2) is 0 Å². The third kappa shape index (κ3) is 2.27. The van der Waals surface area contributed by atoms with Crippen molar-refractivity contribution in [3.63, 3.8) is 0 Å². The Kier molecular flexibility index (Phi) is 3.85. The predicted octanol–water partition coefficient (Wildman–Crippen LogP) is 5.22. The van der Waals surface area contributed by atoms with Gasteiger partial charge in [-0.05, 0) is 61.2 Å². The van der Waals surface area contributed by atoms with Gasteiger partial charge < -0.3 is 0 Å². The zero-order valence-electron chi connectivity index (χ0n) is 12.0. The Morgan fingerprint density at radius 2 is 1.94 bits per heavy atom. The molecule has 100 valence electrons. The highest BCUT2D eigenvalue weighted by Gasteiger charge is 2.50. The van der Waals surface area contributed by atoms with E-state index in [4.69, 9.17) is 0 Å². The third-order valence-corrected chi connectivity index (χ3v) is 5.87. The van der Waals surface area contributed by atoms with Gasteiger partial charge in [0.05, 0.1) is 0 Å². The topological polar surface area (TPSA) is 0 Å². The number of hydrogen-bond donors (Lipinski definition) is 0. The zero-order valence-corrected chi connectivity index (χ0v) is 12.0. The van der Waals surface area contributed by atoms with Gasteiger partial charge in [0.15, 0.2) is 0 Å². The maximum absolute atomic E-state index is 13.6. The zero-order chi connectivity index (χ0) is 12.6. The van der Waals surface area contributed by atoms with Crippen LogP contribution in [0.5, 0.6) is 0 Å². The fourth-order valence-electron chi connectivity index (χ4n) is 5.15. The van der Waals surface area contributed by atoms with E-state index < -0.39 is 6.17 Å². The Balaban J connectivity index is 2.23. The molecule has 0 aliphatic heterocycles. The van der Waals surface area contributed by atoms with E-state index in [9.17, 15) is 4.39 Å². The van der Waals surface area contributed by atoms with Crippen molar-refractivity contribution in [3.8, 4) is 0 Å². The SMILES string of the molecule is CCC1CCC2C[C@@H](F)CC[C@]2(C)C1C(C)C. The summed E-state index contributed by atoms with van der Waals surface area (Å²) in [5.74, 6) is 3.11. The second kappa shape index (κ2) is 4.90. The van der Waals surface area contributed by atoms with Gasteiger partial charge in [0.2, 0.25) is 0 Å². The smallest absolute Gasteiger partial charge is 0.100 e. The molecular formula is C16H29F. The van der Waals surface area contributed by atoms with Crippen LogP contribution in [0.25, 0.3) is 0 Å². The fraction of sp³-hybridized carbons (Fsp3) is 1.00. The van der Waals surface area contributed by atoms with Crippen molar-refractivity contribution in [1.29, 1.82) is 0 Å². The van der Waals surface area contributed by atoms with E-state index in [-0.39, 0.29) is 0 Å². The Morgan fingerprint density at radius 3 is 2.53 bits per heavy atom. The first kappa shape index (κ1) is 13.4. The molecular weight excluding hydrogens is 211 g/mol. The minimum atomic E-state index is -0.515. The second-order valence-electron chi connectivity index (χ2n) is 7.09. The van der Waals surface area contributed by atoms with Crippen LogP contribution < -0.4 is 0 Å². The summed E-state index contributed by atoms with van der Waals surface area (Å²) in [4.78, 5) is 0. The summed E-state index contributed by atoms with van der Waals surface area (Å²) < 4.78 is 13.6. The predicted molar refractivity (Wildman–Crippen MR) is 71.7 cm³/mol. The van der Waals surface area contributed by atoms with Gasteiger partial charge in [0.1, 0.15) is 6.17 Å². The Hall–Kier alpha value is -0.0700. The number of alkyl halides is 1. The highest BCUT2D eigenvalue weighted by molar-refractivity contribution is 5.00. The lowest BCUT2D eigenvalue weighted by atomic mass is 9.49. The van der Waals surface area contributed by atoms with Crippen LogP contribution in [0, 0.1) is 29.1 Å². The lowest BCUT2D eigenvalue weighted by molar-refractivity contribution is -0.0754. The molecule has 0 spiro atoms. The van der Waals surface area contributed by atoms with Gasteiger partial charge in [-0.2, -0.15) is 0 Å². The molecule has 0 saturated heterocycles. The summed E-state index contributed by atoms with van der Waals surface area (Å²) in [7, 11) is 0. The molecule has 2 fully saturated rings. The molecule has 0 heterocycles. The summed E-state index contributed by atoms with van der Waals surface area (Å²) in [5, 5.41) is 0. The summed E-state index contributed by atoms with van der Waals surface area (Å²) in [6.45, 7) is 9.56. The van der Waals surface area contributed by atoms with Gasteiger partial charge in [-0.15, -0.1) is 0 Å². The molecule has 5 atom stereocenters. The van der Waals surface area contributed by atoms with Gasteiger partial charge >= 0.3 is 0 Å². The molecule has 17 heavy (non-hydrogen) atoms. The van der Waals surface area contributed by atoms with Crippen LogP contribution in [0.1, 0.15) is 66.2 Å². The van der Waals surface area contributed by atoms with Crippen LogP contribution in [0.4, 0.5) is 4.39 Å². The van der Waals surface area contributed by atoms with Crippen LogP contribution in [-0.4, -0.2) is 6.17 Å². The molecule has 0 nitrogen and oxygen atoms in total. The van der Waals surface area contributed by atoms with E-state index in [1.54, 1.807) is 0 Å². The van der Waals surface area contributed by atoms with Gasteiger partial charge in [-0.25, -0.2) is 4.39 Å². The first-order chi connectivity index (χ1) is 7.99. The van der Waals surface area contributed by atoms with Crippen LogP contribution in [0.2, 0.25) is 0 Å². The standard InChI is InChI=1S/C16H29F/c1-5-12-6-7-13-10-14(17)8-9-16(13,4)15(12)11(2)3/h11-15H,5-10H2,1-4H3/t12?,13?,14-,15?,16-/m0/s1. The van der Waals surface area contributed by atoms with E-state index in [1.165, 1.54) is 19.3 Å². The van der Waals surface area contributed by atoms with Crippen molar-refractivity contribution in [2.75, 3.05) is 0 Å². The molecule has 2 aliphatic rings. The molecule has 1 heteroatoms. The minimum absolute atomic E-state index is 0.426. The van der Waals surface area contributed by atoms with Gasteiger partial charge in [-0.1, -0.05) is 34.1 Å². The monoisotopic (exact) mass is 240 g/mol. The molecule has 2 rings (SSSR count).